The maximum atomic E-state index is 11.2. The van der Waals surface area contributed by atoms with Gasteiger partial charge in [0, 0.05) is 12.7 Å². The summed E-state index contributed by atoms with van der Waals surface area (Å²) >= 11 is 0. The molecule has 4 heteroatoms. The van der Waals surface area contributed by atoms with Gasteiger partial charge in [-0.3, -0.25) is 0 Å². The zero-order valence-corrected chi connectivity index (χ0v) is 8.11. The molecule has 0 saturated heterocycles. The zero-order chi connectivity index (χ0) is 10.6. The Morgan fingerprint density at radius 3 is 2.50 bits per heavy atom. The lowest BCUT2D eigenvalue weighted by Gasteiger charge is -2.08. The molecule has 0 saturated carbocycles. The summed E-state index contributed by atoms with van der Waals surface area (Å²) in [6, 6.07) is 6.93. The van der Waals surface area contributed by atoms with Crippen molar-refractivity contribution in [1.82, 2.24) is 4.90 Å². The molecule has 1 rings (SSSR count). The highest BCUT2D eigenvalue weighted by molar-refractivity contribution is 5.90. The smallest absolute Gasteiger partial charge is 0.307 e. The second-order valence-electron chi connectivity index (χ2n) is 2.96. The summed E-state index contributed by atoms with van der Waals surface area (Å²) in [5, 5.41) is 11.0. The van der Waals surface area contributed by atoms with E-state index in [9.17, 15) is 4.79 Å². The first kappa shape index (κ1) is 10.1. The van der Waals surface area contributed by atoms with E-state index < -0.39 is 6.03 Å². The second kappa shape index (κ2) is 4.28. The summed E-state index contributed by atoms with van der Waals surface area (Å²) in [5.41, 5.74) is 1.80. The highest BCUT2D eigenvalue weighted by Crippen LogP contribution is 2.08. The van der Waals surface area contributed by atoms with Gasteiger partial charge in [0.25, 0.3) is 0 Å². The molecule has 0 aliphatic rings. The van der Waals surface area contributed by atoms with Crippen molar-refractivity contribution in [2.45, 2.75) is 6.92 Å². The Kier molecular flexibility index (Phi) is 3.08. The van der Waals surface area contributed by atoms with Crippen LogP contribution in [0.3, 0.4) is 0 Å². The van der Waals surface area contributed by atoms with E-state index in [2.05, 4.69) is 5.32 Å². The van der Waals surface area contributed by atoms with Crippen LogP contribution in [0, 0.1) is 18.4 Å². The molecule has 0 aliphatic carbocycles. The Bertz CT molecular complexity index is 364. The van der Waals surface area contributed by atoms with E-state index in [0.717, 1.165) is 10.5 Å². The number of hydrogen-bond acceptors (Lipinski definition) is 2. The summed E-state index contributed by atoms with van der Waals surface area (Å²) in [7, 11) is 1.41. The third kappa shape index (κ3) is 2.49. The number of amides is 2. The van der Waals surface area contributed by atoms with Crippen molar-refractivity contribution in [1.29, 1.82) is 5.26 Å². The minimum Gasteiger partial charge on any atom is -0.307 e. The number of hydrogen-bond donors (Lipinski definition) is 1. The van der Waals surface area contributed by atoms with Crippen molar-refractivity contribution >= 4 is 11.7 Å². The molecular formula is C10H11N3O. The van der Waals surface area contributed by atoms with Crippen LogP contribution < -0.4 is 5.32 Å². The summed E-state index contributed by atoms with van der Waals surface area (Å²) in [4.78, 5) is 12.2. The van der Waals surface area contributed by atoms with E-state index in [1.807, 2.05) is 19.1 Å². The third-order valence-electron chi connectivity index (χ3n) is 1.76. The van der Waals surface area contributed by atoms with E-state index in [1.165, 1.54) is 7.05 Å². The summed E-state index contributed by atoms with van der Waals surface area (Å²) in [6.07, 6.45) is 1.72. The largest absolute Gasteiger partial charge is 0.334 e. The number of rotatable bonds is 1. The molecule has 1 aromatic carbocycles. The highest BCUT2D eigenvalue weighted by Gasteiger charge is 2.06. The van der Waals surface area contributed by atoms with Crippen LogP contribution in [0.15, 0.2) is 24.3 Å². The van der Waals surface area contributed by atoms with Gasteiger partial charge in [0.05, 0.1) is 0 Å². The Balaban J connectivity index is 2.66. The summed E-state index contributed by atoms with van der Waals surface area (Å²) < 4.78 is 0. The lowest BCUT2D eigenvalue weighted by Crippen LogP contribution is -2.26. The Morgan fingerprint density at radius 1 is 1.43 bits per heavy atom. The van der Waals surface area contributed by atoms with Gasteiger partial charge in [-0.1, -0.05) is 17.7 Å². The molecule has 0 unspecified atom stereocenters. The van der Waals surface area contributed by atoms with E-state index in [4.69, 9.17) is 5.26 Å². The molecule has 0 bridgehead atoms. The molecular weight excluding hydrogens is 178 g/mol. The molecule has 1 N–H and O–H groups in total. The van der Waals surface area contributed by atoms with Gasteiger partial charge in [-0.15, -0.1) is 0 Å². The molecule has 4 nitrogen and oxygen atoms in total. The van der Waals surface area contributed by atoms with Crippen LogP contribution in [-0.2, 0) is 0 Å². The SMILES string of the molecule is Cc1ccc(NC(=O)N(C)C#N)cc1. The number of nitriles is 1. The molecule has 0 radical (unpaired) electrons. The van der Waals surface area contributed by atoms with Crippen LogP contribution in [0.5, 0.6) is 0 Å². The predicted octanol–water partition coefficient (Wildman–Crippen LogP) is 1.94. The third-order valence-corrected chi connectivity index (χ3v) is 1.76. The van der Waals surface area contributed by atoms with Gasteiger partial charge < -0.3 is 5.32 Å². The van der Waals surface area contributed by atoms with Gasteiger partial charge in [0.1, 0.15) is 0 Å². The van der Waals surface area contributed by atoms with E-state index in [-0.39, 0.29) is 0 Å². The van der Waals surface area contributed by atoms with Crippen molar-refractivity contribution in [3.05, 3.63) is 29.8 Å². The van der Waals surface area contributed by atoms with Crippen molar-refractivity contribution in [2.75, 3.05) is 12.4 Å². The number of anilines is 1. The van der Waals surface area contributed by atoms with E-state index >= 15 is 0 Å². The van der Waals surface area contributed by atoms with Gasteiger partial charge >= 0.3 is 6.03 Å². The normalized spacial score (nSPS) is 8.93. The van der Waals surface area contributed by atoms with Crippen LogP contribution in [0.25, 0.3) is 0 Å². The number of carbonyl (C=O) groups is 1. The maximum absolute atomic E-state index is 11.2. The van der Waals surface area contributed by atoms with E-state index in [0.29, 0.717) is 5.69 Å². The molecule has 0 aromatic heterocycles. The molecule has 1 aromatic rings. The second-order valence-corrected chi connectivity index (χ2v) is 2.96. The van der Waals surface area contributed by atoms with Gasteiger partial charge in [-0.25, -0.2) is 9.69 Å². The van der Waals surface area contributed by atoms with Crippen LogP contribution in [0.1, 0.15) is 5.56 Å². The quantitative estimate of drug-likeness (QED) is 0.542. The maximum Gasteiger partial charge on any atom is 0.334 e. The lowest BCUT2D eigenvalue weighted by atomic mass is 10.2. The average Bonchev–Trinajstić information content (AvgIpc) is 2.20. The topological polar surface area (TPSA) is 56.1 Å². The lowest BCUT2D eigenvalue weighted by molar-refractivity contribution is 0.237. The Morgan fingerprint density at radius 2 is 2.00 bits per heavy atom. The van der Waals surface area contributed by atoms with Gasteiger partial charge in [0.15, 0.2) is 6.19 Å². The Hall–Kier alpha value is -2.02. The highest BCUT2D eigenvalue weighted by atomic mass is 16.2. The fourth-order valence-corrected chi connectivity index (χ4v) is 0.890. The number of nitrogens with one attached hydrogen (secondary N) is 1. The molecule has 0 atom stereocenters. The summed E-state index contributed by atoms with van der Waals surface area (Å²) in [5.74, 6) is 0. The first-order valence-electron chi connectivity index (χ1n) is 4.14. The number of carbonyl (C=O) groups excluding carboxylic acids is 1. The van der Waals surface area contributed by atoms with E-state index in [1.54, 1.807) is 18.3 Å². The molecule has 14 heavy (non-hydrogen) atoms. The summed E-state index contributed by atoms with van der Waals surface area (Å²) in [6.45, 7) is 1.97. The number of urea groups is 1. The van der Waals surface area contributed by atoms with Crippen molar-refractivity contribution < 1.29 is 4.79 Å². The van der Waals surface area contributed by atoms with Crippen LogP contribution in [0.2, 0.25) is 0 Å². The average molecular weight is 189 g/mol. The minimum atomic E-state index is -0.434. The molecule has 0 aliphatic heterocycles. The van der Waals surface area contributed by atoms with Crippen molar-refractivity contribution in [2.24, 2.45) is 0 Å². The first-order valence-corrected chi connectivity index (χ1v) is 4.14. The molecule has 0 fully saturated rings. The van der Waals surface area contributed by atoms with Gasteiger partial charge in [-0.05, 0) is 19.1 Å². The first-order chi connectivity index (χ1) is 6.63. The van der Waals surface area contributed by atoms with Gasteiger partial charge in [0.2, 0.25) is 0 Å². The predicted molar refractivity (Wildman–Crippen MR) is 53.6 cm³/mol. The fraction of sp³-hybridized carbons (Fsp3) is 0.200. The van der Waals surface area contributed by atoms with Crippen molar-refractivity contribution in [3.8, 4) is 6.19 Å². The number of aryl methyl sites for hydroxylation is 1. The number of benzene rings is 1. The monoisotopic (exact) mass is 189 g/mol. The fourth-order valence-electron chi connectivity index (χ4n) is 0.890. The van der Waals surface area contributed by atoms with Crippen LogP contribution in [0.4, 0.5) is 10.5 Å². The molecule has 0 heterocycles. The van der Waals surface area contributed by atoms with Crippen LogP contribution in [-0.4, -0.2) is 18.0 Å². The van der Waals surface area contributed by atoms with Crippen molar-refractivity contribution in [3.63, 3.8) is 0 Å². The standard InChI is InChI=1S/C10H11N3O/c1-8-3-5-9(6-4-8)12-10(14)13(2)7-11/h3-6H,1-2H3,(H,12,14). The van der Waals surface area contributed by atoms with Gasteiger partial charge in [-0.2, -0.15) is 5.26 Å². The molecule has 72 valence electrons. The Labute approximate surface area is 82.8 Å². The van der Waals surface area contributed by atoms with Crippen LogP contribution >= 0.6 is 0 Å². The molecule has 2 amide bonds. The molecule has 0 spiro atoms. The number of nitrogens with zero attached hydrogens (tertiary/aromatic N) is 2. The zero-order valence-electron chi connectivity index (χ0n) is 8.11. The minimum absolute atomic E-state index is 0.434.